The van der Waals surface area contributed by atoms with Crippen LogP contribution in [0.4, 0.5) is 9.93 Å². The van der Waals surface area contributed by atoms with E-state index in [0.29, 0.717) is 18.1 Å². The molecule has 0 unspecified atom stereocenters. The van der Waals surface area contributed by atoms with Crippen molar-refractivity contribution in [3.05, 3.63) is 36.5 Å². The van der Waals surface area contributed by atoms with Gasteiger partial charge in [-0.25, -0.2) is 9.78 Å². The number of nitrogens with one attached hydrogen (secondary N) is 1. The van der Waals surface area contributed by atoms with E-state index in [2.05, 4.69) is 10.3 Å². The van der Waals surface area contributed by atoms with Gasteiger partial charge in [-0.15, -0.1) is 0 Å². The van der Waals surface area contributed by atoms with Gasteiger partial charge < -0.3 is 9.80 Å². The summed E-state index contributed by atoms with van der Waals surface area (Å²) in [4.78, 5) is 33.1. The molecule has 1 aliphatic heterocycles. The zero-order valence-electron chi connectivity index (χ0n) is 13.7. The maximum atomic E-state index is 12.5. The van der Waals surface area contributed by atoms with Crippen molar-refractivity contribution >= 4 is 28.4 Å². The molecule has 3 amide bonds. The number of benzene rings is 1. The Morgan fingerprint density at radius 3 is 2.75 bits per heavy atom. The van der Waals surface area contributed by atoms with Crippen molar-refractivity contribution < 1.29 is 9.59 Å². The summed E-state index contributed by atoms with van der Waals surface area (Å²) in [7, 11) is 3.42. The van der Waals surface area contributed by atoms with Crippen molar-refractivity contribution in [1.29, 1.82) is 0 Å². The Hall–Kier alpha value is -2.41. The zero-order valence-corrected chi connectivity index (χ0v) is 14.5. The average molecular weight is 344 g/mol. The average Bonchev–Trinajstić information content (AvgIpc) is 3.24. The van der Waals surface area contributed by atoms with Crippen LogP contribution in [0.2, 0.25) is 0 Å². The first-order valence-corrected chi connectivity index (χ1v) is 8.68. The van der Waals surface area contributed by atoms with Crippen LogP contribution in [-0.4, -0.2) is 53.4 Å². The molecule has 1 atom stereocenters. The van der Waals surface area contributed by atoms with Gasteiger partial charge in [0.05, 0.1) is 4.88 Å². The summed E-state index contributed by atoms with van der Waals surface area (Å²) in [6.07, 6.45) is 3.30. The highest BCUT2D eigenvalue weighted by Crippen LogP contribution is 2.29. The van der Waals surface area contributed by atoms with Crippen molar-refractivity contribution in [3.8, 4) is 10.4 Å². The molecule has 1 fully saturated rings. The van der Waals surface area contributed by atoms with Crippen LogP contribution in [0, 0.1) is 0 Å². The third kappa shape index (κ3) is 3.41. The van der Waals surface area contributed by atoms with Crippen molar-refractivity contribution in [1.82, 2.24) is 14.8 Å². The number of rotatable bonds is 3. The van der Waals surface area contributed by atoms with E-state index in [9.17, 15) is 9.59 Å². The second-order valence-corrected chi connectivity index (χ2v) is 6.94. The number of aromatic nitrogens is 1. The normalized spacial score (nSPS) is 16.9. The molecule has 0 spiro atoms. The number of carbonyl (C=O) groups is 2. The molecule has 126 valence electrons. The Morgan fingerprint density at radius 2 is 2.04 bits per heavy atom. The van der Waals surface area contributed by atoms with Crippen LogP contribution in [0.1, 0.15) is 12.8 Å². The molecule has 1 saturated heterocycles. The summed E-state index contributed by atoms with van der Waals surface area (Å²) in [6, 6.07) is 9.26. The minimum Gasteiger partial charge on any atom is -0.347 e. The number of hydrogen-bond donors (Lipinski definition) is 1. The Labute approximate surface area is 145 Å². The van der Waals surface area contributed by atoms with Crippen LogP contribution >= 0.6 is 11.3 Å². The van der Waals surface area contributed by atoms with E-state index >= 15 is 0 Å². The molecule has 7 heteroatoms. The molecule has 0 bridgehead atoms. The van der Waals surface area contributed by atoms with Crippen LogP contribution < -0.4 is 5.32 Å². The third-order valence-electron chi connectivity index (χ3n) is 4.02. The summed E-state index contributed by atoms with van der Waals surface area (Å²) in [5.74, 6) is -0.0354. The fourth-order valence-electron chi connectivity index (χ4n) is 2.80. The molecular formula is C17H20N4O2S. The number of urea groups is 1. The van der Waals surface area contributed by atoms with Crippen molar-refractivity contribution in [3.63, 3.8) is 0 Å². The number of carbonyl (C=O) groups excluding carboxylic acids is 2. The SMILES string of the molecule is CN(C)C(=O)[C@@H]1CCCN1C(=O)Nc1ncc(-c2ccccc2)s1. The molecule has 0 radical (unpaired) electrons. The highest BCUT2D eigenvalue weighted by molar-refractivity contribution is 7.19. The van der Waals surface area contributed by atoms with E-state index in [1.54, 1.807) is 25.2 Å². The highest BCUT2D eigenvalue weighted by Gasteiger charge is 2.35. The van der Waals surface area contributed by atoms with Crippen molar-refractivity contribution in [2.75, 3.05) is 26.0 Å². The fraction of sp³-hybridized carbons (Fsp3) is 0.353. The quantitative estimate of drug-likeness (QED) is 0.931. The predicted molar refractivity (Wildman–Crippen MR) is 95.0 cm³/mol. The molecule has 1 aliphatic rings. The lowest BCUT2D eigenvalue weighted by Crippen LogP contribution is -2.47. The van der Waals surface area contributed by atoms with Gasteiger partial charge in [0.25, 0.3) is 0 Å². The second kappa shape index (κ2) is 7.00. The molecule has 24 heavy (non-hydrogen) atoms. The smallest absolute Gasteiger partial charge is 0.324 e. The summed E-state index contributed by atoms with van der Waals surface area (Å²) in [5.41, 5.74) is 1.07. The fourth-order valence-corrected chi connectivity index (χ4v) is 3.61. The van der Waals surface area contributed by atoms with E-state index in [0.717, 1.165) is 16.9 Å². The number of hydrogen-bond acceptors (Lipinski definition) is 4. The monoisotopic (exact) mass is 344 g/mol. The summed E-state index contributed by atoms with van der Waals surface area (Å²) in [6.45, 7) is 0.590. The third-order valence-corrected chi connectivity index (χ3v) is 4.98. The lowest BCUT2D eigenvalue weighted by atomic mass is 10.2. The number of amides is 3. The standard InChI is InChI=1S/C17H20N4O2S/c1-20(2)15(22)13-9-6-10-21(13)17(23)19-16-18-11-14(24-16)12-7-4-3-5-8-12/h3-5,7-8,11,13H,6,9-10H2,1-2H3,(H,18,19,23)/t13-/m0/s1. The molecule has 3 rings (SSSR count). The van der Waals surface area contributed by atoms with Crippen LogP contribution in [0.25, 0.3) is 10.4 Å². The molecule has 2 aromatic rings. The van der Waals surface area contributed by atoms with Gasteiger partial charge in [0.15, 0.2) is 5.13 Å². The summed E-state index contributed by atoms with van der Waals surface area (Å²) < 4.78 is 0. The molecule has 1 aromatic heterocycles. The van der Waals surface area contributed by atoms with E-state index < -0.39 is 0 Å². The van der Waals surface area contributed by atoms with Crippen LogP contribution in [0.5, 0.6) is 0 Å². The van der Waals surface area contributed by atoms with Crippen LogP contribution in [0.15, 0.2) is 36.5 Å². The highest BCUT2D eigenvalue weighted by atomic mass is 32.1. The first kappa shape index (κ1) is 16.4. The van der Waals surface area contributed by atoms with Gasteiger partial charge in [-0.1, -0.05) is 41.7 Å². The summed E-state index contributed by atoms with van der Waals surface area (Å²) >= 11 is 1.42. The molecule has 2 heterocycles. The zero-order chi connectivity index (χ0) is 17.1. The largest absolute Gasteiger partial charge is 0.347 e. The molecule has 0 saturated carbocycles. The molecule has 6 nitrogen and oxygen atoms in total. The first-order valence-electron chi connectivity index (χ1n) is 7.86. The van der Waals surface area contributed by atoms with E-state index in [1.807, 2.05) is 30.3 Å². The Morgan fingerprint density at radius 1 is 1.29 bits per heavy atom. The topological polar surface area (TPSA) is 65.5 Å². The number of nitrogens with zero attached hydrogens (tertiary/aromatic N) is 3. The van der Waals surface area contributed by atoms with Gasteiger partial charge >= 0.3 is 6.03 Å². The number of likely N-dealkylation sites (tertiary alicyclic amines) is 1. The van der Waals surface area contributed by atoms with Crippen LogP contribution in [-0.2, 0) is 4.79 Å². The Kier molecular flexibility index (Phi) is 4.80. The second-order valence-electron chi connectivity index (χ2n) is 5.91. The van der Waals surface area contributed by atoms with Crippen molar-refractivity contribution in [2.24, 2.45) is 0 Å². The molecule has 1 N–H and O–H groups in total. The van der Waals surface area contributed by atoms with Crippen LogP contribution in [0.3, 0.4) is 0 Å². The van der Waals surface area contributed by atoms with E-state index in [-0.39, 0.29) is 18.0 Å². The lowest BCUT2D eigenvalue weighted by molar-refractivity contribution is -0.132. The van der Waals surface area contributed by atoms with Gasteiger partial charge in [-0.3, -0.25) is 10.1 Å². The number of anilines is 1. The Balaban J connectivity index is 1.69. The molecule has 0 aliphatic carbocycles. The maximum Gasteiger partial charge on any atom is 0.324 e. The minimum atomic E-state index is -0.381. The van der Waals surface area contributed by atoms with E-state index in [1.165, 1.54) is 16.2 Å². The van der Waals surface area contributed by atoms with Gasteiger partial charge in [-0.05, 0) is 18.4 Å². The van der Waals surface area contributed by atoms with E-state index in [4.69, 9.17) is 0 Å². The molecule has 1 aromatic carbocycles. The lowest BCUT2D eigenvalue weighted by Gasteiger charge is -2.25. The minimum absolute atomic E-state index is 0.0354. The summed E-state index contributed by atoms with van der Waals surface area (Å²) in [5, 5.41) is 3.36. The Bertz CT molecular complexity index is 729. The van der Waals surface area contributed by atoms with Gasteiger partial charge in [0.1, 0.15) is 6.04 Å². The van der Waals surface area contributed by atoms with Gasteiger partial charge in [0, 0.05) is 26.8 Å². The van der Waals surface area contributed by atoms with Gasteiger partial charge in [-0.2, -0.15) is 0 Å². The number of thiazole rings is 1. The number of likely N-dealkylation sites (N-methyl/N-ethyl adjacent to an activating group) is 1. The maximum absolute atomic E-state index is 12.5. The van der Waals surface area contributed by atoms with Crippen molar-refractivity contribution in [2.45, 2.75) is 18.9 Å². The van der Waals surface area contributed by atoms with Gasteiger partial charge in [0.2, 0.25) is 5.91 Å². The first-order chi connectivity index (χ1) is 11.6. The predicted octanol–water partition coefficient (Wildman–Crippen LogP) is 2.89. The molecular weight excluding hydrogens is 324 g/mol.